The van der Waals surface area contributed by atoms with Crippen molar-refractivity contribution in [2.45, 2.75) is 111 Å². The van der Waals surface area contributed by atoms with Gasteiger partial charge in [0, 0.05) is 17.5 Å². The molecule has 0 unspecified atom stereocenters. The van der Waals surface area contributed by atoms with Crippen LogP contribution in [0.2, 0.25) is 0 Å². The van der Waals surface area contributed by atoms with E-state index in [-0.39, 0.29) is 58.3 Å². The summed E-state index contributed by atoms with van der Waals surface area (Å²) in [5.41, 5.74) is 2.40. The van der Waals surface area contributed by atoms with Crippen LogP contribution in [0.1, 0.15) is 116 Å². The first-order valence-corrected chi connectivity index (χ1v) is 16.0. The Morgan fingerprint density at radius 3 is 1.02 bits per heavy atom. The summed E-state index contributed by atoms with van der Waals surface area (Å²) >= 11 is 0. The molecule has 0 saturated carbocycles. The van der Waals surface area contributed by atoms with Crippen LogP contribution in [0, 0.1) is 0 Å². The Morgan fingerprint density at radius 1 is 0.550 bits per heavy atom. The summed E-state index contributed by atoms with van der Waals surface area (Å²) in [6.45, 7) is 23.9. The molecule has 2 rings (SSSR count). The van der Waals surface area contributed by atoms with E-state index < -0.39 is 26.5 Å². The van der Waals surface area contributed by atoms with Crippen LogP contribution in [0.3, 0.4) is 0 Å². The molecule has 0 aliphatic rings. The number of phosphoric ester groups is 2. The molecule has 0 saturated heterocycles. The van der Waals surface area contributed by atoms with E-state index >= 15 is 0 Å². The number of hydrogen-bond acceptors (Lipinski definition) is 4. The third kappa shape index (κ3) is 10.3. The molecule has 0 atom stereocenters. The summed E-state index contributed by atoms with van der Waals surface area (Å²) in [6, 6.07) is 7.52. The van der Waals surface area contributed by atoms with Gasteiger partial charge in [-0.3, -0.25) is 19.6 Å². The van der Waals surface area contributed by atoms with Gasteiger partial charge in [-0.05, 0) is 43.9 Å². The molecule has 2 aromatic carbocycles. The standard InChI is InChI=1S/C29H46O8P2.Na.H/c1-26(2,3)20-14-18(24(36-38(30,31)32)22(16-20)28(7,8)9)13-19-15-21(27(4,5)6)17-23(29(10,11)12)25(19)37-39(33,34)35;;/h14-17H,13H2,1-12H3,(H2,30,31,32)(H2,33,34,35);;. The first-order valence-electron chi connectivity index (χ1n) is 13.0. The SMILES string of the molecule is CC(C)(C)c1cc(Cc2cc(C(C)(C)C)cc(C(C)(C)C)c2OP(=O)(O)O)c(OP(=O)(O)O)c(C(C)(C)C)c1.[NaH]. The van der Waals surface area contributed by atoms with Gasteiger partial charge in [-0.15, -0.1) is 0 Å². The maximum absolute atomic E-state index is 12.1. The monoisotopic (exact) mass is 608 g/mol. The summed E-state index contributed by atoms with van der Waals surface area (Å²) in [7, 11) is -9.89. The van der Waals surface area contributed by atoms with Gasteiger partial charge in [0.25, 0.3) is 0 Å². The second-order valence-corrected chi connectivity index (χ2v) is 16.7. The van der Waals surface area contributed by atoms with Gasteiger partial charge < -0.3 is 9.05 Å². The van der Waals surface area contributed by atoms with Gasteiger partial charge in [0.1, 0.15) is 11.5 Å². The quantitative estimate of drug-likeness (QED) is 0.209. The van der Waals surface area contributed by atoms with Gasteiger partial charge in [0.2, 0.25) is 0 Å². The van der Waals surface area contributed by atoms with Gasteiger partial charge in [0.05, 0.1) is 0 Å². The molecular formula is C29H47NaO8P2. The van der Waals surface area contributed by atoms with E-state index in [0.29, 0.717) is 22.3 Å². The molecular weight excluding hydrogens is 561 g/mol. The van der Waals surface area contributed by atoms with Gasteiger partial charge in [-0.25, -0.2) is 9.13 Å². The fraction of sp³-hybridized carbons (Fsp3) is 0.586. The fourth-order valence-electron chi connectivity index (χ4n) is 4.28. The predicted octanol–water partition coefficient (Wildman–Crippen LogP) is 6.76. The van der Waals surface area contributed by atoms with Crippen LogP contribution in [0.4, 0.5) is 0 Å². The molecule has 0 amide bonds. The molecule has 0 aliphatic carbocycles. The van der Waals surface area contributed by atoms with Gasteiger partial charge in [0.15, 0.2) is 0 Å². The Hall–Kier alpha value is -0.660. The van der Waals surface area contributed by atoms with Crippen molar-refractivity contribution in [3.05, 3.63) is 57.6 Å². The first kappa shape index (κ1) is 37.4. The third-order valence-corrected chi connectivity index (χ3v) is 7.32. The minimum atomic E-state index is -4.94. The van der Waals surface area contributed by atoms with Crippen LogP contribution >= 0.6 is 15.6 Å². The summed E-state index contributed by atoms with van der Waals surface area (Å²) in [5, 5.41) is 0. The predicted molar refractivity (Wildman–Crippen MR) is 163 cm³/mol. The molecule has 0 aromatic heterocycles. The van der Waals surface area contributed by atoms with Crippen LogP contribution in [-0.2, 0) is 37.2 Å². The van der Waals surface area contributed by atoms with E-state index in [1.165, 1.54) is 0 Å². The van der Waals surface area contributed by atoms with Crippen molar-refractivity contribution in [2.75, 3.05) is 0 Å². The normalized spacial score (nSPS) is 13.6. The van der Waals surface area contributed by atoms with Crippen LogP contribution in [0.5, 0.6) is 11.5 Å². The summed E-state index contributed by atoms with van der Waals surface area (Å²) in [6.07, 6.45) is 0.0602. The molecule has 2 aromatic rings. The second-order valence-electron chi connectivity index (χ2n) is 14.4. The van der Waals surface area contributed by atoms with Crippen LogP contribution in [-0.4, -0.2) is 49.1 Å². The van der Waals surface area contributed by atoms with Crippen molar-refractivity contribution < 1.29 is 37.8 Å². The Kier molecular flexibility index (Phi) is 11.3. The fourth-order valence-corrected chi connectivity index (χ4v) is 5.19. The van der Waals surface area contributed by atoms with Crippen molar-refractivity contribution in [2.24, 2.45) is 0 Å². The molecule has 0 spiro atoms. The Balaban J connectivity index is 0.00000800. The van der Waals surface area contributed by atoms with Crippen molar-refractivity contribution in [1.82, 2.24) is 0 Å². The molecule has 11 heteroatoms. The second kappa shape index (κ2) is 12.1. The summed E-state index contributed by atoms with van der Waals surface area (Å²) in [4.78, 5) is 39.4. The van der Waals surface area contributed by atoms with Crippen molar-refractivity contribution >= 4 is 45.2 Å². The zero-order chi connectivity index (χ0) is 30.6. The van der Waals surface area contributed by atoms with E-state index in [1.807, 2.05) is 107 Å². The zero-order valence-corrected chi connectivity index (χ0v) is 27.1. The van der Waals surface area contributed by atoms with E-state index in [1.54, 1.807) is 0 Å². The van der Waals surface area contributed by atoms with Crippen LogP contribution < -0.4 is 9.05 Å². The first-order chi connectivity index (χ1) is 17.1. The Bertz CT molecular complexity index is 1210. The van der Waals surface area contributed by atoms with Crippen molar-refractivity contribution in [1.29, 1.82) is 0 Å². The number of benzene rings is 2. The Morgan fingerprint density at radius 2 is 0.825 bits per heavy atom. The summed E-state index contributed by atoms with van der Waals surface area (Å²) < 4.78 is 35.0. The van der Waals surface area contributed by atoms with E-state index in [9.17, 15) is 28.7 Å². The molecule has 0 aliphatic heterocycles. The zero-order valence-electron chi connectivity index (χ0n) is 25.3. The Labute approximate surface area is 262 Å². The van der Waals surface area contributed by atoms with Gasteiger partial charge in [-0.1, -0.05) is 107 Å². The molecule has 222 valence electrons. The molecule has 4 N–H and O–H groups in total. The van der Waals surface area contributed by atoms with Gasteiger partial charge in [-0.2, -0.15) is 0 Å². The van der Waals surface area contributed by atoms with Gasteiger partial charge >= 0.3 is 45.2 Å². The molecule has 0 fully saturated rings. The van der Waals surface area contributed by atoms with Crippen molar-refractivity contribution in [3.8, 4) is 11.5 Å². The van der Waals surface area contributed by atoms with Crippen LogP contribution in [0.15, 0.2) is 24.3 Å². The number of rotatable bonds is 6. The number of phosphoric acid groups is 2. The molecule has 40 heavy (non-hydrogen) atoms. The van der Waals surface area contributed by atoms with E-state index in [4.69, 9.17) is 9.05 Å². The average molecular weight is 609 g/mol. The van der Waals surface area contributed by atoms with Crippen molar-refractivity contribution in [3.63, 3.8) is 0 Å². The maximum atomic E-state index is 12.1. The minimum absolute atomic E-state index is 0. The molecule has 0 heterocycles. The van der Waals surface area contributed by atoms with E-state index in [0.717, 1.165) is 11.1 Å². The topological polar surface area (TPSA) is 134 Å². The third-order valence-electron chi connectivity index (χ3n) is 6.48. The summed E-state index contributed by atoms with van der Waals surface area (Å²) in [5.74, 6) is 0.119. The number of hydrogen-bond donors (Lipinski definition) is 4. The van der Waals surface area contributed by atoms with E-state index in [2.05, 4.69) is 0 Å². The molecule has 0 radical (unpaired) electrons. The molecule has 8 nitrogen and oxygen atoms in total. The van der Waals surface area contributed by atoms with Crippen LogP contribution in [0.25, 0.3) is 0 Å². The molecule has 0 bridgehead atoms. The average Bonchev–Trinajstić information content (AvgIpc) is 2.64.